The normalized spacial score (nSPS) is 13.4. The van der Waals surface area contributed by atoms with Crippen molar-refractivity contribution in [3.8, 4) is 28.7 Å². The van der Waals surface area contributed by atoms with Gasteiger partial charge in [0.25, 0.3) is 0 Å². The van der Waals surface area contributed by atoms with Crippen LogP contribution in [-0.2, 0) is 12.7 Å². The quantitative estimate of drug-likeness (QED) is 0.315. The average Bonchev–Trinajstić information content (AvgIpc) is 3.71. The minimum absolute atomic E-state index is 0.0771. The number of urea groups is 1. The van der Waals surface area contributed by atoms with Gasteiger partial charge in [-0.2, -0.15) is 18.2 Å². The summed E-state index contributed by atoms with van der Waals surface area (Å²) in [5, 5.41) is 2.60. The lowest BCUT2D eigenvalue weighted by molar-refractivity contribution is -0.140. The third-order valence-electron chi connectivity index (χ3n) is 6.61. The first-order valence-electron chi connectivity index (χ1n) is 12.9. The minimum Gasteiger partial charge on any atom is -0.480 e. The lowest BCUT2D eigenvalue weighted by Crippen LogP contribution is -2.38. The molecule has 1 aliphatic carbocycles. The molecule has 11 nitrogen and oxygen atoms in total. The lowest BCUT2D eigenvalue weighted by atomic mass is 10.1. The molecular weight excluding hydrogens is 539 g/mol. The Labute approximate surface area is 233 Å². The number of rotatable bonds is 8. The zero-order valence-electron chi connectivity index (χ0n) is 22.8. The maximum Gasteiger partial charge on any atom is 0.434 e. The summed E-state index contributed by atoms with van der Waals surface area (Å²) >= 11 is 0. The first-order valence-corrected chi connectivity index (χ1v) is 12.9. The number of carbonyl (C=O) groups excluding carboxylic acids is 1. The summed E-state index contributed by atoms with van der Waals surface area (Å²) < 4.78 is 46.9. The molecule has 0 atom stereocenters. The van der Waals surface area contributed by atoms with E-state index in [1.165, 1.54) is 36.3 Å². The fourth-order valence-electron chi connectivity index (χ4n) is 4.40. The van der Waals surface area contributed by atoms with Crippen molar-refractivity contribution in [1.29, 1.82) is 0 Å². The predicted molar refractivity (Wildman–Crippen MR) is 143 cm³/mol. The Morgan fingerprint density at radius 3 is 2.41 bits per heavy atom. The van der Waals surface area contributed by atoms with Crippen molar-refractivity contribution >= 4 is 12.0 Å². The standard InChI is InChI=1S/C27H28F3N9O2/c1-15(2)38-12-19(27(28,29)30)36-23(38)18-7-5-16(6-8-18)11-39(26(40)31-3)25-35-14-33-22(37-25)20-21(17-9-10-17)32-13-34-24(20)41-4/h5-8,12-15,17H,9-11H2,1-4H3,(H,31,40). The highest BCUT2D eigenvalue weighted by Gasteiger charge is 2.35. The molecule has 0 radical (unpaired) electrons. The summed E-state index contributed by atoms with van der Waals surface area (Å²) in [4.78, 5) is 39.9. The van der Waals surface area contributed by atoms with Crippen LogP contribution < -0.4 is 15.0 Å². The number of carbonyl (C=O) groups is 1. The van der Waals surface area contributed by atoms with Gasteiger partial charge in [-0.25, -0.2) is 29.7 Å². The van der Waals surface area contributed by atoms with Crippen LogP contribution in [-0.4, -0.2) is 54.7 Å². The van der Waals surface area contributed by atoms with E-state index in [0.29, 0.717) is 22.6 Å². The largest absolute Gasteiger partial charge is 0.480 e. The van der Waals surface area contributed by atoms with Crippen molar-refractivity contribution in [3.63, 3.8) is 0 Å². The molecule has 0 saturated heterocycles. The highest BCUT2D eigenvalue weighted by atomic mass is 19.4. The molecule has 3 aromatic heterocycles. The molecule has 41 heavy (non-hydrogen) atoms. The van der Waals surface area contributed by atoms with Crippen molar-refractivity contribution in [1.82, 2.24) is 39.8 Å². The van der Waals surface area contributed by atoms with E-state index in [2.05, 4.69) is 35.2 Å². The topological polar surface area (TPSA) is 124 Å². The Morgan fingerprint density at radius 1 is 1.10 bits per heavy atom. The number of nitrogens with one attached hydrogen (secondary N) is 1. The van der Waals surface area contributed by atoms with E-state index in [0.717, 1.165) is 24.7 Å². The average molecular weight is 568 g/mol. The van der Waals surface area contributed by atoms with Crippen LogP contribution in [0.3, 0.4) is 0 Å². The summed E-state index contributed by atoms with van der Waals surface area (Å²) in [5.74, 6) is 1.16. The van der Waals surface area contributed by atoms with Gasteiger partial charge in [0, 0.05) is 30.8 Å². The number of hydrogen-bond acceptors (Lipinski definition) is 8. The first-order chi connectivity index (χ1) is 19.6. The number of ether oxygens (including phenoxy) is 1. The van der Waals surface area contributed by atoms with Crippen molar-refractivity contribution in [2.24, 2.45) is 0 Å². The zero-order valence-corrected chi connectivity index (χ0v) is 22.8. The second kappa shape index (κ2) is 11.1. The molecule has 214 valence electrons. The number of hydrogen-bond donors (Lipinski definition) is 1. The molecule has 1 aliphatic rings. The van der Waals surface area contributed by atoms with E-state index < -0.39 is 17.9 Å². The molecule has 5 rings (SSSR count). The maximum atomic E-state index is 13.3. The molecule has 1 aromatic carbocycles. The second-order valence-corrected chi connectivity index (χ2v) is 9.81. The Kier molecular flexibility index (Phi) is 7.56. The van der Waals surface area contributed by atoms with Crippen LogP contribution in [0.25, 0.3) is 22.8 Å². The highest BCUT2D eigenvalue weighted by Crippen LogP contribution is 2.44. The number of methoxy groups -OCH3 is 1. The number of aromatic nitrogens is 7. The molecule has 0 bridgehead atoms. The number of halogens is 3. The van der Waals surface area contributed by atoms with Crippen LogP contribution in [0, 0.1) is 0 Å². The van der Waals surface area contributed by atoms with E-state index in [4.69, 9.17) is 4.74 Å². The van der Waals surface area contributed by atoms with Gasteiger partial charge in [0.05, 0.1) is 19.3 Å². The summed E-state index contributed by atoms with van der Waals surface area (Å²) in [7, 11) is 2.99. The molecule has 2 amide bonds. The molecular formula is C27H28F3N9O2. The Morgan fingerprint density at radius 2 is 1.80 bits per heavy atom. The molecule has 0 unspecified atom stereocenters. The summed E-state index contributed by atoms with van der Waals surface area (Å²) in [6.07, 6.45) is 1.18. The molecule has 14 heteroatoms. The van der Waals surface area contributed by atoms with Crippen LogP contribution in [0.5, 0.6) is 5.88 Å². The summed E-state index contributed by atoms with van der Waals surface area (Å²) in [5.41, 5.74) is 1.59. The molecule has 3 heterocycles. The molecule has 0 aliphatic heterocycles. The van der Waals surface area contributed by atoms with Gasteiger partial charge in [0.2, 0.25) is 11.8 Å². The predicted octanol–water partition coefficient (Wildman–Crippen LogP) is 5.02. The van der Waals surface area contributed by atoms with E-state index in [1.54, 1.807) is 38.1 Å². The second-order valence-electron chi connectivity index (χ2n) is 9.81. The lowest BCUT2D eigenvalue weighted by Gasteiger charge is -2.21. The maximum absolute atomic E-state index is 13.3. The van der Waals surface area contributed by atoms with Gasteiger partial charge >= 0.3 is 12.2 Å². The van der Waals surface area contributed by atoms with E-state index in [1.807, 2.05) is 0 Å². The van der Waals surface area contributed by atoms with Gasteiger partial charge < -0.3 is 14.6 Å². The van der Waals surface area contributed by atoms with E-state index >= 15 is 0 Å². The number of anilines is 1. The molecule has 1 saturated carbocycles. The summed E-state index contributed by atoms with van der Waals surface area (Å²) in [6, 6.07) is 6.09. The van der Waals surface area contributed by atoms with Gasteiger partial charge in [-0.15, -0.1) is 0 Å². The monoisotopic (exact) mass is 567 g/mol. The molecule has 1 N–H and O–H groups in total. The van der Waals surface area contributed by atoms with Gasteiger partial charge in [-0.05, 0) is 32.3 Å². The third kappa shape index (κ3) is 5.81. The fourth-order valence-corrected chi connectivity index (χ4v) is 4.40. The van der Waals surface area contributed by atoms with Crippen LogP contribution in [0.15, 0.2) is 43.1 Å². The van der Waals surface area contributed by atoms with Gasteiger partial charge in [-0.1, -0.05) is 24.3 Å². The molecule has 4 aromatic rings. The molecule has 0 spiro atoms. The van der Waals surface area contributed by atoms with Crippen LogP contribution in [0.1, 0.15) is 55.6 Å². The van der Waals surface area contributed by atoms with Gasteiger partial charge in [0.1, 0.15) is 24.0 Å². The SMILES string of the molecule is CNC(=O)N(Cc1ccc(-c2nc(C(F)(F)F)cn2C(C)C)cc1)c1ncnc(-c2c(OC)ncnc2C2CC2)n1. The summed E-state index contributed by atoms with van der Waals surface area (Å²) in [6.45, 7) is 3.65. The minimum atomic E-state index is -4.55. The van der Waals surface area contributed by atoms with Crippen molar-refractivity contribution in [2.45, 2.75) is 51.4 Å². The van der Waals surface area contributed by atoms with Crippen LogP contribution >= 0.6 is 0 Å². The van der Waals surface area contributed by atoms with Crippen LogP contribution in [0.4, 0.5) is 23.9 Å². The molecule has 1 fully saturated rings. The Hall–Kier alpha value is -4.62. The Bertz CT molecular complexity index is 1550. The van der Waals surface area contributed by atoms with E-state index in [-0.39, 0.29) is 36.1 Å². The number of nitrogens with zero attached hydrogens (tertiary/aromatic N) is 8. The smallest absolute Gasteiger partial charge is 0.434 e. The number of imidazole rings is 1. The van der Waals surface area contributed by atoms with Gasteiger partial charge in [0.15, 0.2) is 11.5 Å². The van der Waals surface area contributed by atoms with Crippen molar-refractivity contribution in [2.75, 3.05) is 19.1 Å². The highest BCUT2D eigenvalue weighted by molar-refractivity contribution is 5.90. The number of benzene rings is 1. The fraction of sp³-hybridized carbons (Fsp3) is 0.370. The Balaban J connectivity index is 1.46. The number of alkyl halides is 3. The van der Waals surface area contributed by atoms with Crippen molar-refractivity contribution in [3.05, 3.63) is 60.1 Å². The van der Waals surface area contributed by atoms with Gasteiger partial charge in [-0.3, -0.25) is 4.90 Å². The van der Waals surface area contributed by atoms with E-state index in [9.17, 15) is 18.0 Å². The third-order valence-corrected chi connectivity index (χ3v) is 6.61. The van der Waals surface area contributed by atoms with Crippen LogP contribution in [0.2, 0.25) is 0 Å². The first kappa shape index (κ1) is 27.9. The zero-order chi connectivity index (χ0) is 29.3. The van der Waals surface area contributed by atoms with Crippen molar-refractivity contribution < 1.29 is 22.7 Å². The number of amides is 2.